The highest BCUT2D eigenvalue weighted by Gasteiger charge is 2.11. The Balaban J connectivity index is 1.92. The van der Waals surface area contributed by atoms with Crippen LogP contribution in [0.1, 0.15) is 35.3 Å². The van der Waals surface area contributed by atoms with Crippen LogP contribution in [0.5, 0.6) is 5.75 Å². The van der Waals surface area contributed by atoms with Gasteiger partial charge in [-0.2, -0.15) is 0 Å². The minimum absolute atomic E-state index is 0.264. The van der Waals surface area contributed by atoms with Gasteiger partial charge in [0.15, 0.2) is 5.11 Å². The van der Waals surface area contributed by atoms with Crippen LogP contribution in [0.3, 0.4) is 0 Å². The Morgan fingerprint density at radius 2 is 1.81 bits per heavy atom. The van der Waals surface area contributed by atoms with Crippen LogP contribution in [0.25, 0.3) is 0 Å². The highest BCUT2D eigenvalue weighted by Crippen LogP contribution is 2.21. The Kier molecular flexibility index (Phi) is 8.23. The molecule has 1 amide bonds. The molecule has 2 aromatic rings. The van der Waals surface area contributed by atoms with Crippen LogP contribution in [-0.4, -0.2) is 30.8 Å². The van der Waals surface area contributed by atoms with Crippen molar-refractivity contribution in [3.8, 4) is 5.75 Å². The number of anilines is 1. The smallest absolute Gasteiger partial charge is 0.257 e. The van der Waals surface area contributed by atoms with Gasteiger partial charge in [-0.05, 0) is 67.9 Å². The van der Waals surface area contributed by atoms with Gasteiger partial charge in [0.25, 0.3) is 5.91 Å². The molecule has 0 aromatic heterocycles. The second-order valence-corrected chi connectivity index (χ2v) is 6.35. The van der Waals surface area contributed by atoms with E-state index in [0.717, 1.165) is 23.2 Å². The van der Waals surface area contributed by atoms with Crippen molar-refractivity contribution in [3.05, 3.63) is 59.2 Å². The lowest BCUT2D eigenvalue weighted by atomic mass is 10.1. The lowest BCUT2D eigenvalue weighted by Crippen LogP contribution is -2.34. The minimum atomic E-state index is -0.264. The molecular formula is C21H26N2O3S. The summed E-state index contributed by atoms with van der Waals surface area (Å²) in [4.78, 5) is 12.4. The zero-order chi connectivity index (χ0) is 19.6. The van der Waals surface area contributed by atoms with E-state index in [1.807, 2.05) is 32.0 Å². The highest BCUT2D eigenvalue weighted by atomic mass is 32.1. The molecule has 6 heteroatoms. The molecule has 0 radical (unpaired) electrons. The van der Waals surface area contributed by atoms with Gasteiger partial charge in [0, 0.05) is 17.9 Å². The van der Waals surface area contributed by atoms with E-state index in [0.29, 0.717) is 31.1 Å². The third kappa shape index (κ3) is 6.34. The second kappa shape index (κ2) is 10.6. The quantitative estimate of drug-likeness (QED) is 0.528. The molecule has 0 spiro atoms. The Morgan fingerprint density at radius 3 is 2.48 bits per heavy atom. The molecule has 0 aliphatic heterocycles. The molecule has 0 saturated heterocycles. The highest BCUT2D eigenvalue weighted by molar-refractivity contribution is 7.80. The molecule has 144 valence electrons. The fourth-order valence-corrected chi connectivity index (χ4v) is 2.78. The van der Waals surface area contributed by atoms with Gasteiger partial charge in [-0.15, -0.1) is 0 Å². The number of benzene rings is 2. The number of carbonyl (C=O) groups is 1. The molecule has 0 unspecified atom stereocenters. The first-order chi connectivity index (χ1) is 13.0. The average Bonchev–Trinajstić information content (AvgIpc) is 2.67. The predicted molar refractivity (Wildman–Crippen MR) is 113 cm³/mol. The minimum Gasteiger partial charge on any atom is -0.491 e. The SMILES string of the molecule is CCOCCOc1ccc(C(=O)NC(=S)Nc2c(C)cccc2CC)cc1. The maximum absolute atomic E-state index is 12.4. The number of nitrogens with one attached hydrogen (secondary N) is 2. The summed E-state index contributed by atoms with van der Waals surface area (Å²) in [7, 11) is 0. The van der Waals surface area contributed by atoms with Gasteiger partial charge in [-0.1, -0.05) is 25.1 Å². The first kappa shape index (κ1) is 20.9. The van der Waals surface area contributed by atoms with E-state index >= 15 is 0 Å². The molecule has 0 saturated carbocycles. The van der Waals surface area contributed by atoms with Crippen LogP contribution in [0.2, 0.25) is 0 Å². The normalized spacial score (nSPS) is 10.3. The van der Waals surface area contributed by atoms with Crippen molar-refractivity contribution in [1.29, 1.82) is 0 Å². The molecule has 5 nitrogen and oxygen atoms in total. The molecule has 0 bridgehead atoms. The third-order valence-corrected chi connectivity index (χ3v) is 4.23. The number of hydrogen-bond acceptors (Lipinski definition) is 4. The summed E-state index contributed by atoms with van der Waals surface area (Å²) in [6.45, 7) is 7.71. The summed E-state index contributed by atoms with van der Waals surface area (Å²) in [5.41, 5.74) is 3.69. The van der Waals surface area contributed by atoms with E-state index in [4.69, 9.17) is 21.7 Å². The summed E-state index contributed by atoms with van der Waals surface area (Å²) in [6.07, 6.45) is 0.880. The van der Waals surface area contributed by atoms with E-state index < -0.39 is 0 Å². The topological polar surface area (TPSA) is 59.6 Å². The number of hydrogen-bond donors (Lipinski definition) is 2. The second-order valence-electron chi connectivity index (χ2n) is 5.94. The molecule has 0 fully saturated rings. The maximum Gasteiger partial charge on any atom is 0.257 e. The Labute approximate surface area is 166 Å². The fourth-order valence-electron chi connectivity index (χ4n) is 2.59. The van der Waals surface area contributed by atoms with Crippen LogP contribution < -0.4 is 15.4 Å². The van der Waals surface area contributed by atoms with Gasteiger partial charge in [0.2, 0.25) is 0 Å². The summed E-state index contributed by atoms with van der Waals surface area (Å²) in [6, 6.07) is 13.0. The Hall–Kier alpha value is -2.44. The summed E-state index contributed by atoms with van der Waals surface area (Å²) in [5, 5.41) is 6.14. The number of rotatable bonds is 8. The van der Waals surface area contributed by atoms with Crippen molar-refractivity contribution in [3.63, 3.8) is 0 Å². The summed E-state index contributed by atoms with van der Waals surface area (Å²) in [5.74, 6) is 0.430. The van der Waals surface area contributed by atoms with Crippen molar-refractivity contribution in [2.75, 3.05) is 25.1 Å². The Morgan fingerprint density at radius 1 is 1.07 bits per heavy atom. The maximum atomic E-state index is 12.4. The molecule has 2 N–H and O–H groups in total. The van der Waals surface area contributed by atoms with Crippen molar-refractivity contribution in [2.24, 2.45) is 0 Å². The van der Waals surface area contributed by atoms with E-state index in [9.17, 15) is 4.79 Å². The zero-order valence-electron chi connectivity index (χ0n) is 16.0. The monoisotopic (exact) mass is 386 g/mol. The van der Waals surface area contributed by atoms with Crippen LogP contribution in [-0.2, 0) is 11.2 Å². The zero-order valence-corrected chi connectivity index (χ0v) is 16.8. The van der Waals surface area contributed by atoms with Gasteiger partial charge in [-0.3, -0.25) is 10.1 Å². The summed E-state index contributed by atoms with van der Waals surface area (Å²) < 4.78 is 10.8. The molecular weight excluding hydrogens is 360 g/mol. The van der Waals surface area contributed by atoms with Crippen LogP contribution in [0.15, 0.2) is 42.5 Å². The van der Waals surface area contributed by atoms with Crippen LogP contribution >= 0.6 is 12.2 Å². The van der Waals surface area contributed by atoms with Gasteiger partial charge < -0.3 is 14.8 Å². The average molecular weight is 387 g/mol. The number of para-hydroxylation sites is 1. The van der Waals surface area contributed by atoms with Gasteiger partial charge in [0.05, 0.1) is 6.61 Å². The standard InChI is InChI=1S/C21H26N2O3S/c1-4-16-8-6-7-15(3)19(16)22-21(27)23-20(24)17-9-11-18(12-10-17)26-14-13-25-5-2/h6-12H,4-5,13-14H2,1-3H3,(H2,22,23,24,27). The van der Waals surface area contributed by atoms with Gasteiger partial charge >= 0.3 is 0 Å². The van der Waals surface area contributed by atoms with Crippen molar-refractivity contribution >= 4 is 28.9 Å². The number of aryl methyl sites for hydroxylation is 2. The molecule has 0 aliphatic carbocycles. The molecule has 2 aromatic carbocycles. The number of amides is 1. The Bertz CT molecular complexity index is 775. The van der Waals surface area contributed by atoms with Crippen molar-refractivity contribution in [1.82, 2.24) is 5.32 Å². The van der Waals surface area contributed by atoms with Crippen LogP contribution in [0.4, 0.5) is 5.69 Å². The van der Waals surface area contributed by atoms with E-state index in [2.05, 4.69) is 17.6 Å². The van der Waals surface area contributed by atoms with Crippen molar-refractivity contribution in [2.45, 2.75) is 27.2 Å². The molecule has 27 heavy (non-hydrogen) atoms. The third-order valence-electron chi connectivity index (χ3n) is 4.02. The lowest BCUT2D eigenvalue weighted by molar-refractivity contribution is 0.0977. The van der Waals surface area contributed by atoms with E-state index in [1.165, 1.54) is 0 Å². The lowest BCUT2D eigenvalue weighted by Gasteiger charge is -2.15. The fraction of sp³-hybridized carbons (Fsp3) is 0.333. The van der Waals surface area contributed by atoms with Crippen molar-refractivity contribution < 1.29 is 14.3 Å². The number of ether oxygens (including phenoxy) is 2. The first-order valence-corrected chi connectivity index (χ1v) is 9.47. The largest absolute Gasteiger partial charge is 0.491 e. The van der Waals surface area contributed by atoms with Gasteiger partial charge in [0.1, 0.15) is 12.4 Å². The first-order valence-electron chi connectivity index (χ1n) is 9.06. The van der Waals surface area contributed by atoms with E-state index in [-0.39, 0.29) is 11.0 Å². The number of thiocarbonyl (C=S) groups is 1. The van der Waals surface area contributed by atoms with Crippen LogP contribution in [0, 0.1) is 6.92 Å². The predicted octanol–water partition coefficient (Wildman–Crippen LogP) is 4.10. The molecule has 2 rings (SSSR count). The number of carbonyl (C=O) groups excluding carboxylic acids is 1. The molecule has 0 heterocycles. The van der Waals surface area contributed by atoms with Gasteiger partial charge in [-0.25, -0.2) is 0 Å². The summed E-state index contributed by atoms with van der Waals surface area (Å²) >= 11 is 5.31. The molecule has 0 aliphatic rings. The van der Waals surface area contributed by atoms with E-state index in [1.54, 1.807) is 24.3 Å². The molecule has 0 atom stereocenters.